The lowest BCUT2D eigenvalue weighted by Gasteiger charge is -2.06. The van der Waals surface area contributed by atoms with Gasteiger partial charge < -0.3 is 4.74 Å². The number of non-ortho nitro benzene ring substituents is 1. The Morgan fingerprint density at radius 2 is 2.04 bits per heavy atom. The summed E-state index contributed by atoms with van der Waals surface area (Å²) in [6.07, 6.45) is 1.56. The van der Waals surface area contributed by atoms with E-state index in [-0.39, 0.29) is 5.69 Å². The van der Waals surface area contributed by atoms with Crippen molar-refractivity contribution in [3.05, 3.63) is 70.0 Å². The Bertz CT molecular complexity index is 866. The van der Waals surface area contributed by atoms with Gasteiger partial charge in [-0.25, -0.2) is 9.67 Å². The molecule has 0 saturated carbocycles. The molecular weight excluding hydrogens is 332 g/mol. The predicted molar refractivity (Wildman–Crippen MR) is 89.1 cm³/mol. The second-order valence-corrected chi connectivity index (χ2v) is 5.38. The smallest absolute Gasteiger partial charge is 0.270 e. The van der Waals surface area contributed by atoms with E-state index in [0.717, 1.165) is 0 Å². The summed E-state index contributed by atoms with van der Waals surface area (Å²) < 4.78 is 7.22. The van der Waals surface area contributed by atoms with E-state index in [4.69, 9.17) is 16.3 Å². The predicted octanol–water partition coefficient (Wildman–Crippen LogP) is 3.59. The van der Waals surface area contributed by atoms with Gasteiger partial charge in [-0.2, -0.15) is 5.10 Å². The van der Waals surface area contributed by atoms with Crippen LogP contribution in [-0.4, -0.2) is 26.3 Å². The summed E-state index contributed by atoms with van der Waals surface area (Å²) in [5.74, 6) is 1.11. The molecule has 0 aliphatic carbocycles. The van der Waals surface area contributed by atoms with Crippen molar-refractivity contribution in [1.82, 2.24) is 14.8 Å². The Morgan fingerprint density at radius 3 is 2.83 bits per heavy atom. The van der Waals surface area contributed by atoms with E-state index in [2.05, 4.69) is 10.1 Å². The largest absolute Gasteiger partial charge is 0.492 e. The monoisotopic (exact) mass is 344 g/mol. The van der Waals surface area contributed by atoms with Crippen molar-refractivity contribution in [1.29, 1.82) is 0 Å². The average Bonchev–Trinajstić information content (AvgIpc) is 3.04. The van der Waals surface area contributed by atoms with E-state index in [0.29, 0.717) is 35.3 Å². The van der Waals surface area contributed by atoms with Gasteiger partial charge >= 0.3 is 0 Å². The molecule has 0 amide bonds. The van der Waals surface area contributed by atoms with E-state index in [1.165, 1.54) is 12.1 Å². The number of hydrogen-bond acceptors (Lipinski definition) is 5. The quantitative estimate of drug-likeness (QED) is 0.504. The first-order valence-electron chi connectivity index (χ1n) is 7.14. The van der Waals surface area contributed by atoms with Crippen molar-refractivity contribution >= 4 is 17.3 Å². The van der Waals surface area contributed by atoms with Gasteiger partial charge in [-0.3, -0.25) is 10.1 Å². The summed E-state index contributed by atoms with van der Waals surface area (Å²) in [4.78, 5) is 14.6. The molecule has 7 nitrogen and oxygen atoms in total. The van der Waals surface area contributed by atoms with E-state index >= 15 is 0 Å². The number of benzene rings is 2. The minimum atomic E-state index is -0.445. The molecule has 1 heterocycles. The average molecular weight is 345 g/mol. The summed E-state index contributed by atoms with van der Waals surface area (Å²) in [6, 6.07) is 13.4. The number of nitrogens with zero attached hydrogens (tertiary/aromatic N) is 4. The first kappa shape index (κ1) is 15.9. The van der Waals surface area contributed by atoms with Crippen LogP contribution in [0.2, 0.25) is 5.02 Å². The molecule has 0 unspecified atom stereocenters. The zero-order chi connectivity index (χ0) is 16.9. The Balaban J connectivity index is 1.63. The molecule has 0 aliphatic heterocycles. The number of hydrogen-bond donors (Lipinski definition) is 0. The van der Waals surface area contributed by atoms with Crippen LogP contribution in [0.1, 0.15) is 0 Å². The highest BCUT2D eigenvalue weighted by atomic mass is 35.5. The van der Waals surface area contributed by atoms with Gasteiger partial charge in [-0.15, -0.1) is 0 Å². The van der Waals surface area contributed by atoms with Crippen molar-refractivity contribution in [2.45, 2.75) is 6.54 Å². The highest BCUT2D eigenvalue weighted by Gasteiger charge is 2.10. The standard InChI is InChI=1S/C16H13ClN4O3/c17-13-4-2-6-15(10-13)24-8-7-20-11-18-16(19-20)12-3-1-5-14(9-12)21(22)23/h1-6,9-11H,7-8H2. The Kier molecular flexibility index (Phi) is 4.72. The molecule has 0 atom stereocenters. The second kappa shape index (κ2) is 7.10. The molecule has 0 radical (unpaired) electrons. The Labute approximate surface area is 142 Å². The van der Waals surface area contributed by atoms with Gasteiger partial charge in [-0.05, 0) is 18.2 Å². The van der Waals surface area contributed by atoms with Crippen molar-refractivity contribution in [3.8, 4) is 17.1 Å². The fraction of sp³-hybridized carbons (Fsp3) is 0.125. The third-order valence-electron chi connectivity index (χ3n) is 3.24. The maximum atomic E-state index is 10.8. The molecule has 24 heavy (non-hydrogen) atoms. The zero-order valence-corrected chi connectivity index (χ0v) is 13.3. The van der Waals surface area contributed by atoms with Gasteiger partial charge in [0.2, 0.25) is 0 Å². The molecule has 2 aromatic carbocycles. The minimum Gasteiger partial charge on any atom is -0.492 e. The molecular formula is C16H13ClN4O3. The van der Waals surface area contributed by atoms with Crippen LogP contribution in [0.3, 0.4) is 0 Å². The Morgan fingerprint density at radius 1 is 1.21 bits per heavy atom. The molecule has 1 aromatic heterocycles. The van der Waals surface area contributed by atoms with Crippen LogP contribution in [0, 0.1) is 10.1 Å². The van der Waals surface area contributed by atoms with Gasteiger partial charge in [0.15, 0.2) is 5.82 Å². The van der Waals surface area contributed by atoms with E-state index in [1.807, 2.05) is 12.1 Å². The molecule has 0 N–H and O–H groups in total. The zero-order valence-electron chi connectivity index (χ0n) is 12.5. The van der Waals surface area contributed by atoms with Crippen LogP contribution in [0.4, 0.5) is 5.69 Å². The van der Waals surface area contributed by atoms with Crippen molar-refractivity contribution in [2.75, 3.05) is 6.61 Å². The molecule has 3 aromatic rings. The first-order chi connectivity index (χ1) is 11.6. The highest BCUT2D eigenvalue weighted by molar-refractivity contribution is 6.30. The van der Waals surface area contributed by atoms with E-state index < -0.39 is 4.92 Å². The van der Waals surface area contributed by atoms with Crippen LogP contribution in [0.15, 0.2) is 54.9 Å². The molecule has 122 valence electrons. The molecule has 0 bridgehead atoms. The summed E-state index contributed by atoms with van der Waals surface area (Å²) in [7, 11) is 0. The summed E-state index contributed by atoms with van der Waals surface area (Å²) >= 11 is 5.89. The lowest BCUT2D eigenvalue weighted by atomic mass is 10.2. The van der Waals surface area contributed by atoms with Crippen LogP contribution in [0.5, 0.6) is 5.75 Å². The van der Waals surface area contributed by atoms with Gasteiger partial charge in [0.1, 0.15) is 18.7 Å². The molecule has 0 aliphatic rings. The van der Waals surface area contributed by atoms with Crippen molar-refractivity contribution in [3.63, 3.8) is 0 Å². The number of halogens is 1. The van der Waals surface area contributed by atoms with Crippen LogP contribution < -0.4 is 4.74 Å². The lowest BCUT2D eigenvalue weighted by molar-refractivity contribution is -0.384. The number of nitro benzene ring substituents is 1. The van der Waals surface area contributed by atoms with Gasteiger partial charge in [0.25, 0.3) is 5.69 Å². The van der Waals surface area contributed by atoms with Gasteiger partial charge in [0, 0.05) is 22.7 Å². The third-order valence-corrected chi connectivity index (χ3v) is 3.47. The number of ether oxygens (including phenoxy) is 1. The van der Waals surface area contributed by atoms with Crippen LogP contribution >= 0.6 is 11.6 Å². The van der Waals surface area contributed by atoms with E-state index in [9.17, 15) is 10.1 Å². The molecule has 0 spiro atoms. The number of aromatic nitrogens is 3. The molecule has 0 fully saturated rings. The maximum absolute atomic E-state index is 10.8. The SMILES string of the molecule is O=[N+]([O-])c1cccc(-c2ncn(CCOc3cccc(Cl)c3)n2)c1. The topological polar surface area (TPSA) is 83.1 Å². The van der Waals surface area contributed by atoms with Gasteiger partial charge in [-0.1, -0.05) is 29.8 Å². The highest BCUT2D eigenvalue weighted by Crippen LogP contribution is 2.20. The summed E-state index contributed by atoms with van der Waals surface area (Å²) in [5.41, 5.74) is 0.604. The van der Waals surface area contributed by atoms with Crippen LogP contribution in [-0.2, 0) is 6.54 Å². The molecule has 0 saturated heterocycles. The normalized spacial score (nSPS) is 10.5. The molecule has 8 heteroatoms. The van der Waals surface area contributed by atoms with Crippen molar-refractivity contribution < 1.29 is 9.66 Å². The fourth-order valence-corrected chi connectivity index (χ4v) is 2.29. The summed E-state index contributed by atoms with van der Waals surface area (Å²) in [5, 5.41) is 15.7. The fourth-order valence-electron chi connectivity index (χ4n) is 2.11. The third kappa shape index (κ3) is 3.88. The maximum Gasteiger partial charge on any atom is 0.270 e. The van der Waals surface area contributed by atoms with Crippen molar-refractivity contribution in [2.24, 2.45) is 0 Å². The molecule has 3 rings (SSSR count). The Hall–Kier alpha value is -2.93. The van der Waals surface area contributed by atoms with Gasteiger partial charge in [0.05, 0.1) is 11.5 Å². The van der Waals surface area contributed by atoms with Crippen LogP contribution in [0.25, 0.3) is 11.4 Å². The number of nitro groups is 1. The van der Waals surface area contributed by atoms with E-state index in [1.54, 1.807) is 35.3 Å². The second-order valence-electron chi connectivity index (χ2n) is 4.94. The summed E-state index contributed by atoms with van der Waals surface area (Å²) in [6.45, 7) is 0.895. The lowest BCUT2D eigenvalue weighted by Crippen LogP contribution is -2.08. The number of rotatable bonds is 6. The first-order valence-corrected chi connectivity index (χ1v) is 7.52. The minimum absolute atomic E-state index is 0.00754.